The van der Waals surface area contributed by atoms with Gasteiger partial charge in [0.2, 0.25) is 0 Å². The highest BCUT2D eigenvalue weighted by Gasteiger charge is 2.14. The van der Waals surface area contributed by atoms with Crippen LogP contribution in [0, 0.1) is 11.6 Å². The number of benzene rings is 2. The van der Waals surface area contributed by atoms with Crippen LogP contribution in [0.4, 0.5) is 26.1 Å². The van der Waals surface area contributed by atoms with Crippen molar-refractivity contribution in [2.45, 2.75) is 4.90 Å². The largest absolute Gasteiger partial charge is 0.336 e. The smallest absolute Gasteiger partial charge is 0.263 e. The molecule has 2 aromatic carbocycles. The summed E-state index contributed by atoms with van der Waals surface area (Å²) in [6.45, 7) is 0. The van der Waals surface area contributed by atoms with Gasteiger partial charge in [0, 0.05) is 6.07 Å². The lowest BCUT2D eigenvalue weighted by molar-refractivity contribution is 0.586. The average Bonchev–Trinajstić information content (AvgIpc) is 2.59. The standard InChI is InChI=1S/C16H12F2N4O2S/c17-11-6-7-14(13(18)10-11)19-15-8-9-16(21-20-15)22-25(23,24)12-4-2-1-3-5-12/h1-10H,(H,19,20)(H,21,22). The van der Waals surface area contributed by atoms with E-state index in [0.29, 0.717) is 0 Å². The Kier molecular flexibility index (Phi) is 4.57. The Morgan fingerprint density at radius 2 is 1.52 bits per heavy atom. The first kappa shape index (κ1) is 16.8. The first-order chi connectivity index (χ1) is 11.9. The third-order valence-electron chi connectivity index (χ3n) is 3.15. The van der Waals surface area contributed by atoms with E-state index in [4.69, 9.17) is 0 Å². The lowest BCUT2D eigenvalue weighted by Crippen LogP contribution is -2.14. The summed E-state index contributed by atoms with van der Waals surface area (Å²) >= 11 is 0. The molecule has 25 heavy (non-hydrogen) atoms. The Balaban J connectivity index is 1.74. The van der Waals surface area contributed by atoms with E-state index in [-0.39, 0.29) is 22.2 Å². The number of hydrogen-bond donors (Lipinski definition) is 2. The van der Waals surface area contributed by atoms with Crippen LogP contribution in [-0.2, 0) is 10.0 Å². The first-order valence-electron chi connectivity index (χ1n) is 7.08. The van der Waals surface area contributed by atoms with E-state index >= 15 is 0 Å². The summed E-state index contributed by atoms with van der Waals surface area (Å²) in [5.74, 6) is -1.29. The maximum atomic E-state index is 13.6. The van der Waals surface area contributed by atoms with E-state index in [1.807, 2.05) is 0 Å². The molecule has 0 radical (unpaired) electrons. The van der Waals surface area contributed by atoms with E-state index in [2.05, 4.69) is 20.2 Å². The molecule has 0 bridgehead atoms. The van der Waals surface area contributed by atoms with Crippen molar-refractivity contribution in [1.82, 2.24) is 10.2 Å². The maximum absolute atomic E-state index is 13.6. The molecule has 128 valence electrons. The molecule has 9 heteroatoms. The van der Waals surface area contributed by atoms with Crippen molar-refractivity contribution in [2.24, 2.45) is 0 Å². The fourth-order valence-corrected chi connectivity index (χ4v) is 3.00. The number of sulfonamides is 1. The summed E-state index contributed by atoms with van der Waals surface area (Å²) in [7, 11) is -3.77. The van der Waals surface area contributed by atoms with Crippen LogP contribution in [0.5, 0.6) is 0 Å². The number of halogens is 2. The minimum absolute atomic E-state index is 0.00832. The quantitative estimate of drug-likeness (QED) is 0.728. The van der Waals surface area contributed by atoms with E-state index in [1.54, 1.807) is 18.2 Å². The summed E-state index contributed by atoms with van der Waals surface area (Å²) in [6.07, 6.45) is 0. The van der Waals surface area contributed by atoms with Gasteiger partial charge in [0.15, 0.2) is 11.6 Å². The van der Waals surface area contributed by atoms with Crippen LogP contribution in [-0.4, -0.2) is 18.6 Å². The second kappa shape index (κ2) is 6.81. The van der Waals surface area contributed by atoms with Gasteiger partial charge in [-0.3, -0.25) is 4.72 Å². The van der Waals surface area contributed by atoms with E-state index in [0.717, 1.165) is 12.1 Å². The number of aromatic nitrogens is 2. The number of nitrogens with one attached hydrogen (secondary N) is 2. The van der Waals surface area contributed by atoms with Crippen LogP contribution in [0.1, 0.15) is 0 Å². The van der Waals surface area contributed by atoms with Crippen LogP contribution in [0.3, 0.4) is 0 Å². The van der Waals surface area contributed by atoms with Gasteiger partial charge in [0.05, 0.1) is 10.6 Å². The minimum Gasteiger partial charge on any atom is -0.336 e. The third-order valence-corrected chi connectivity index (χ3v) is 4.52. The van der Waals surface area contributed by atoms with Gasteiger partial charge < -0.3 is 5.32 Å². The van der Waals surface area contributed by atoms with Gasteiger partial charge in [-0.2, -0.15) is 0 Å². The summed E-state index contributed by atoms with van der Waals surface area (Å²) in [5, 5.41) is 10.1. The average molecular weight is 362 g/mol. The van der Waals surface area contributed by atoms with Gasteiger partial charge in [-0.25, -0.2) is 17.2 Å². The van der Waals surface area contributed by atoms with E-state index < -0.39 is 21.7 Å². The Morgan fingerprint density at radius 3 is 2.16 bits per heavy atom. The van der Waals surface area contributed by atoms with Crippen molar-refractivity contribution in [2.75, 3.05) is 10.0 Å². The van der Waals surface area contributed by atoms with Gasteiger partial charge in [0.1, 0.15) is 11.6 Å². The highest BCUT2D eigenvalue weighted by atomic mass is 32.2. The zero-order valence-corrected chi connectivity index (χ0v) is 13.5. The first-order valence-corrected chi connectivity index (χ1v) is 8.56. The molecule has 1 aromatic heterocycles. The van der Waals surface area contributed by atoms with E-state index in [9.17, 15) is 17.2 Å². The molecule has 0 saturated heterocycles. The number of nitrogens with zero attached hydrogens (tertiary/aromatic N) is 2. The second-order valence-electron chi connectivity index (χ2n) is 4.97. The molecule has 0 fully saturated rings. The van der Waals surface area contributed by atoms with Crippen molar-refractivity contribution in [3.8, 4) is 0 Å². The molecule has 0 atom stereocenters. The Labute approximate surface area is 142 Å². The molecule has 0 aliphatic heterocycles. The monoisotopic (exact) mass is 362 g/mol. The maximum Gasteiger partial charge on any atom is 0.263 e. The minimum atomic E-state index is -3.77. The zero-order valence-electron chi connectivity index (χ0n) is 12.6. The number of rotatable bonds is 5. The molecule has 0 aliphatic carbocycles. The molecule has 0 amide bonds. The Bertz CT molecular complexity index is 981. The lowest BCUT2D eigenvalue weighted by atomic mass is 10.3. The highest BCUT2D eigenvalue weighted by Crippen LogP contribution is 2.20. The Morgan fingerprint density at radius 1 is 0.840 bits per heavy atom. The summed E-state index contributed by atoms with van der Waals surface area (Å²) in [4.78, 5) is 0.0902. The molecule has 1 heterocycles. The Hall–Kier alpha value is -3.07. The van der Waals surface area contributed by atoms with Gasteiger partial charge in [-0.15, -0.1) is 10.2 Å². The van der Waals surface area contributed by atoms with Crippen LogP contribution in [0.2, 0.25) is 0 Å². The summed E-state index contributed by atoms with van der Waals surface area (Å²) in [6, 6.07) is 13.6. The second-order valence-corrected chi connectivity index (χ2v) is 6.65. The van der Waals surface area contributed by atoms with Gasteiger partial charge in [-0.05, 0) is 36.4 Å². The fourth-order valence-electron chi connectivity index (χ4n) is 1.98. The van der Waals surface area contributed by atoms with Gasteiger partial charge in [0.25, 0.3) is 10.0 Å². The predicted octanol–water partition coefficient (Wildman–Crippen LogP) is 3.30. The molecule has 2 N–H and O–H groups in total. The van der Waals surface area contributed by atoms with Crippen molar-refractivity contribution in [3.05, 3.63) is 72.3 Å². The highest BCUT2D eigenvalue weighted by molar-refractivity contribution is 7.92. The molecule has 0 unspecified atom stereocenters. The van der Waals surface area contributed by atoms with Crippen molar-refractivity contribution in [1.29, 1.82) is 0 Å². The van der Waals surface area contributed by atoms with Gasteiger partial charge >= 0.3 is 0 Å². The molecule has 0 aliphatic rings. The molecule has 3 aromatic rings. The van der Waals surface area contributed by atoms with Crippen LogP contribution < -0.4 is 10.0 Å². The van der Waals surface area contributed by atoms with Gasteiger partial charge in [-0.1, -0.05) is 18.2 Å². The number of hydrogen-bond acceptors (Lipinski definition) is 5. The van der Waals surface area contributed by atoms with Crippen molar-refractivity contribution in [3.63, 3.8) is 0 Å². The predicted molar refractivity (Wildman–Crippen MR) is 88.9 cm³/mol. The van der Waals surface area contributed by atoms with Crippen molar-refractivity contribution < 1.29 is 17.2 Å². The fraction of sp³-hybridized carbons (Fsp3) is 0. The normalized spacial score (nSPS) is 11.1. The van der Waals surface area contributed by atoms with Crippen LogP contribution in [0.25, 0.3) is 0 Å². The molecule has 3 rings (SSSR count). The third kappa shape index (κ3) is 4.07. The van der Waals surface area contributed by atoms with Crippen LogP contribution >= 0.6 is 0 Å². The molecule has 0 spiro atoms. The summed E-state index contributed by atoms with van der Waals surface area (Å²) in [5.41, 5.74) is 0.0216. The van der Waals surface area contributed by atoms with E-state index in [1.165, 1.54) is 30.3 Å². The molecule has 0 saturated carbocycles. The SMILES string of the molecule is O=S(=O)(Nc1ccc(Nc2ccc(F)cc2F)nn1)c1ccccc1. The van der Waals surface area contributed by atoms with Crippen LogP contribution in [0.15, 0.2) is 65.6 Å². The molecular weight excluding hydrogens is 350 g/mol. The summed E-state index contributed by atoms with van der Waals surface area (Å²) < 4.78 is 53.1. The molecule has 6 nitrogen and oxygen atoms in total. The lowest BCUT2D eigenvalue weighted by Gasteiger charge is -2.08. The number of anilines is 3. The zero-order chi connectivity index (χ0) is 17.9. The topological polar surface area (TPSA) is 84.0 Å². The van der Waals surface area contributed by atoms with Crippen molar-refractivity contribution >= 4 is 27.3 Å². The molecular formula is C16H12F2N4O2S.